The molecule has 25 heavy (non-hydrogen) atoms. The molecule has 8 heteroatoms. The van der Waals surface area contributed by atoms with E-state index in [1.165, 1.54) is 6.92 Å². The van der Waals surface area contributed by atoms with Gasteiger partial charge in [0.15, 0.2) is 15.3 Å². The van der Waals surface area contributed by atoms with Gasteiger partial charge in [0.1, 0.15) is 0 Å². The summed E-state index contributed by atoms with van der Waals surface area (Å²) in [5.74, 6) is -2.68. The minimum absolute atomic E-state index is 0.0476. The van der Waals surface area contributed by atoms with Crippen molar-refractivity contribution >= 4 is 37.7 Å². The lowest BCUT2D eigenvalue weighted by Crippen LogP contribution is -2.36. The summed E-state index contributed by atoms with van der Waals surface area (Å²) in [6, 6.07) is 6.88. The summed E-state index contributed by atoms with van der Waals surface area (Å²) in [6.07, 6.45) is 0. The fraction of sp³-hybridized carbons (Fsp3) is 0.529. The van der Waals surface area contributed by atoms with Crippen LogP contribution in [-0.4, -0.2) is 44.6 Å². The molecule has 6 nitrogen and oxygen atoms in total. The zero-order valence-electron chi connectivity index (χ0n) is 14.3. The van der Waals surface area contributed by atoms with Crippen molar-refractivity contribution < 1.29 is 27.5 Å². The summed E-state index contributed by atoms with van der Waals surface area (Å²) in [4.78, 5) is 25.3. The Morgan fingerprint density at radius 3 is 1.92 bits per heavy atom. The molecule has 1 fully saturated rings. The molecule has 0 heterocycles. The van der Waals surface area contributed by atoms with Crippen LogP contribution in [-0.2, 0) is 28.9 Å². The van der Waals surface area contributed by atoms with Crippen LogP contribution < -0.4 is 0 Å². The third-order valence-electron chi connectivity index (χ3n) is 4.38. The minimum atomic E-state index is -3.68. The molecule has 0 aromatic heterocycles. The second-order valence-corrected chi connectivity index (χ2v) is 9.04. The van der Waals surface area contributed by atoms with Gasteiger partial charge in [-0.15, -0.1) is 0 Å². The second kappa shape index (κ2) is 7.45. The van der Waals surface area contributed by atoms with E-state index in [0.717, 1.165) is 4.47 Å². The highest BCUT2D eigenvalue weighted by Crippen LogP contribution is 2.64. The normalized spacial score (nSPS) is 21.4. The van der Waals surface area contributed by atoms with Gasteiger partial charge in [-0.2, -0.15) is 0 Å². The van der Waals surface area contributed by atoms with Crippen LogP contribution in [0.5, 0.6) is 0 Å². The van der Waals surface area contributed by atoms with Gasteiger partial charge in [0.05, 0.1) is 18.5 Å². The molecule has 0 aliphatic heterocycles. The Hall–Kier alpha value is -1.41. The first-order valence-corrected chi connectivity index (χ1v) is 10.6. The number of ether oxygens (including phenoxy) is 2. The van der Waals surface area contributed by atoms with Gasteiger partial charge in [-0.1, -0.05) is 35.0 Å². The Bertz CT molecular complexity index is 738. The van der Waals surface area contributed by atoms with E-state index in [1.54, 1.807) is 38.1 Å². The van der Waals surface area contributed by atoms with Crippen LogP contribution in [0, 0.1) is 5.41 Å². The fourth-order valence-corrected chi connectivity index (χ4v) is 5.44. The van der Waals surface area contributed by atoms with E-state index in [0.29, 0.717) is 5.56 Å². The van der Waals surface area contributed by atoms with Crippen molar-refractivity contribution in [3.63, 3.8) is 0 Å². The summed E-state index contributed by atoms with van der Waals surface area (Å²) in [5, 5.41) is -1.18. The van der Waals surface area contributed by atoms with Gasteiger partial charge in [-0.25, -0.2) is 8.42 Å². The van der Waals surface area contributed by atoms with E-state index in [-0.39, 0.29) is 19.0 Å². The van der Waals surface area contributed by atoms with Gasteiger partial charge in [0, 0.05) is 16.1 Å². The first-order chi connectivity index (χ1) is 11.8. The number of halogens is 1. The lowest BCUT2D eigenvalue weighted by atomic mass is 9.99. The summed E-state index contributed by atoms with van der Waals surface area (Å²) in [6.45, 7) is 4.80. The maximum Gasteiger partial charge on any atom is 0.325 e. The summed E-state index contributed by atoms with van der Waals surface area (Å²) in [7, 11) is -3.68. The molecule has 2 unspecified atom stereocenters. The number of benzene rings is 1. The molecule has 138 valence electrons. The van der Waals surface area contributed by atoms with Crippen LogP contribution in [0.4, 0.5) is 0 Å². The van der Waals surface area contributed by atoms with E-state index < -0.39 is 38.4 Å². The molecule has 0 bridgehead atoms. The van der Waals surface area contributed by atoms with Gasteiger partial charge in [0.2, 0.25) is 0 Å². The van der Waals surface area contributed by atoms with E-state index in [9.17, 15) is 18.0 Å². The Morgan fingerprint density at radius 2 is 1.52 bits per heavy atom. The van der Waals surface area contributed by atoms with Crippen LogP contribution in [0.3, 0.4) is 0 Å². The van der Waals surface area contributed by atoms with Crippen LogP contribution >= 0.6 is 15.9 Å². The smallest absolute Gasteiger partial charge is 0.325 e. The quantitative estimate of drug-likeness (QED) is 0.485. The third-order valence-corrected chi connectivity index (χ3v) is 7.13. The number of carbonyl (C=O) groups excluding carboxylic acids is 2. The molecule has 0 amide bonds. The van der Waals surface area contributed by atoms with Crippen molar-refractivity contribution in [3.8, 4) is 0 Å². The predicted molar refractivity (Wildman–Crippen MR) is 95.8 cm³/mol. The molecule has 0 radical (unpaired) electrons. The maximum absolute atomic E-state index is 12.7. The van der Waals surface area contributed by atoms with Crippen molar-refractivity contribution in [1.82, 2.24) is 0 Å². The molecule has 1 aliphatic rings. The minimum Gasteiger partial charge on any atom is -0.465 e. The molecule has 2 rings (SSSR count). The molecule has 0 saturated heterocycles. The van der Waals surface area contributed by atoms with E-state index in [2.05, 4.69) is 15.9 Å². The average Bonchev–Trinajstić information content (AvgIpc) is 3.28. The van der Waals surface area contributed by atoms with Gasteiger partial charge in [-0.05, 0) is 31.5 Å². The first kappa shape index (κ1) is 19.9. The van der Waals surface area contributed by atoms with Crippen LogP contribution in [0.25, 0.3) is 0 Å². The molecular formula is C17H21BrO6S. The molecule has 0 N–H and O–H groups in total. The monoisotopic (exact) mass is 432 g/mol. The first-order valence-electron chi connectivity index (χ1n) is 8.08. The van der Waals surface area contributed by atoms with Crippen molar-refractivity contribution in [2.45, 2.75) is 31.9 Å². The zero-order valence-corrected chi connectivity index (χ0v) is 16.7. The number of hydrogen-bond acceptors (Lipinski definition) is 6. The molecule has 0 spiro atoms. The SMILES string of the molecule is CCOC(=O)C1(C(=O)OCC)C(c2ccc(Br)cc2)C1S(=O)(=O)CC. The molecule has 1 aromatic carbocycles. The highest BCUT2D eigenvalue weighted by Gasteiger charge is 2.81. The number of rotatable bonds is 7. The Kier molecular flexibility index (Phi) is 5.93. The average molecular weight is 433 g/mol. The summed E-state index contributed by atoms with van der Waals surface area (Å²) in [5.41, 5.74) is -1.25. The number of hydrogen-bond donors (Lipinski definition) is 0. The van der Waals surface area contributed by atoms with Crippen molar-refractivity contribution in [3.05, 3.63) is 34.3 Å². The van der Waals surface area contributed by atoms with Crippen LogP contribution in [0.2, 0.25) is 0 Å². The molecule has 1 saturated carbocycles. The standard InChI is InChI=1S/C17H21BrO6S/c1-4-23-15(19)17(16(20)24-5-2)13(14(17)25(21,22)6-3)11-7-9-12(18)10-8-11/h7-10,13-14H,4-6H2,1-3H3. The Balaban J connectivity index is 2.61. The topological polar surface area (TPSA) is 86.7 Å². The van der Waals surface area contributed by atoms with Gasteiger partial charge < -0.3 is 9.47 Å². The molecule has 1 aliphatic carbocycles. The predicted octanol–water partition coefficient (Wildman–Crippen LogP) is 2.46. The van der Waals surface area contributed by atoms with E-state index in [1.807, 2.05) is 0 Å². The number of esters is 2. The van der Waals surface area contributed by atoms with Gasteiger partial charge in [-0.3, -0.25) is 9.59 Å². The maximum atomic E-state index is 12.7. The Labute approximate surface area is 155 Å². The third kappa shape index (κ3) is 3.33. The number of sulfone groups is 1. The number of carbonyl (C=O) groups is 2. The van der Waals surface area contributed by atoms with Gasteiger partial charge >= 0.3 is 11.9 Å². The lowest BCUT2D eigenvalue weighted by molar-refractivity contribution is -0.164. The lowest BCUT2D eigenvalue weighted by Gasteiger charge is -2.15. The molecule has 2 atom stereocenters. The van der Waals surface area contributed by atoms with Gasteiger partial charge in [0.25, 0.3) is 0 Å². The van der Waals surface area contributed by atoms with Crippen LogP contribution in [0.15, 0.2) is 28.7 Å². The van der Waals surface area contributed by atoms with Crippen LogP contribution in [0.1, 0.15) is 32.3 Å². The molecule has 1 aromatic rings. The molecular weight excluding hydrogens is 412 g/mol. The summed E-state index contributed by atoms with van der Waals surface area (Å²) >= 11 is 3.32. The van der Waals surface area contributed by atoms with Crippen molar-refractivity contribution in [2.75, 3.05) is 19.0 Å². The second-order valence-electron chi connectivity index (χ2n) is 5.71. The zero-order chi connectivity index (χ0) is 18.8. The summed E-state index contributed by atoms with van der Waals surface area (Å²) < 4.78 is 36.2. The van der Waals surface area contributed by atoms with E-state index >= 15 is 0 Å². The largest absolute Gasteiger partial charge is 0.465 e. The van der Waals surface area contributed by atoms with Crippen molar-refractivity contribution in [1.29, 1.82) is 0 Å². The highest BCUT2D eigenvalue weighted by atomic mass is 79.9. The van der Waals surface area contributed by atoms with Crippen molar-refractivity contribution in [2.24, 2.45) is 5.41 Å². The highest BCUT2D eigenvalue weighted by molar-refractivity contribution is 9.10. The fourth-order valence-electron chi connectivity index (χ4n) is 3.20. The Morgan fingerprint density at radius 1 is 1.04 bits per heavy atom. The van der Waals surface area contributed by atoms with E-state index in [4.69, 9.17) is 9.47 Å².